The van der Waals surface area contributed by atoms with E-state index < -0.39 is 5.97 Å². The second-order valence-corrected chi connectivity index (χ2v) is 3.20. The third-order valence-electron chi connectivity index (χ3n) is 1.98. The number of likely N-dealkylation sites (tertiary alicyclic amines) is 1. The van der Waals surface area contributed by atoms with Gasteiger partial charge in [-0.2, -0.15) is 0 Å². The van der Waals surface area contributed by atoms with E-state index >= 15 is 0 Å². The van der Waals surface area contributed by atoms with E-state index in [2.05, 4.69) is 0 Å². The number of amides is 1. The van der Waals surface area contributed by atoms with Crippen molar-refractivity contribution in [3.8, 4) is 0 Å². The van der Waals surface area contributed by atoms with E-state index in [0.29, 0.717) is 25.6 Å². The molecule has 0 bridgehead atoms. The Kier molecular flexibility index (Phi) is 3.25. The maximum atomic E-state index is 10.7. The van der Waals surface area contributed by atoms with Crippen LogP contribution < -0.4 is 0 Å². The minimum Gasteiger partial charge on any atom is -0.480 e. The smallest absolute Gasteiger partial charge is 0.329 e. The van der Waals surface area contributed by atoms with Gasteiger partial charge in [0.15, 0.2) is 0 Å². The zero-order chi connectivity index (χ0) is 9.84. The van der Waals surface area contributed by atoms with Gasteiger partial charge in [-0.25, -0.2) is 4.79 Å². The fourth-order valence-electron chi connectivity index (χ4n) is 1.25. The molecule has 1 N–H and O–H groups in total. The Morgan fingerprint density at radius 3 is 2.62 bits per heavy atom. The maximum Gasteiger partial charge on any atom is 0.329 e. The number of hydrogen-bond donors (Lipinski definition) is 1. The van der Waals surface area contributed by atoms with Crippen molar-refractivity contribution in [3.05, 3.63) is 0 Å². The van der Waals surface area contributed by atoms with Crippen molar-refractivity contribution in [2.45, 2.75) is 6.92 Å². The molecule has 5 heteroatoms. The van der Waals surface area contributed by atoms with Gasteiger partial charge in [0.25, 0.3) is 0 Å². The fraction of sp³-hybridized carbons (Fsp3) is 0.750. The molecule has 0 unspecified atom stereocenters. The largest absolute Gasteiger partial charge is 0.480 e. The van der Waals surface area contributed by atoms with Crippen LogP contribution in [0.4, 0.5) is 0 Å². The Bertz CT molecular complexity index is 210. The van der Waals surface area contributed by atoms with Crippen LogP contribution in [-0.4, -0.2) is 48.2 Å². The standard InChI is InChI=1S/C8H13NO4/c1-6(10)9-2-7(3-9)4-13-5-8(11)12/h7H,2-5H2,1H3,(H,11,12). The number of nitrogens with zero attached hydrogens (tertiary/aromatic N) is 1. The highest BCUT2D eigenvalue weighted by atomic mass is 16.5. The molecule has 0 aromatic carbocycles. The van der Waals surface area contributed by atoms with Gasteiger partial charge in [-0.3, -0.25) is 4.79 Å². The first-order valence-electron chi connectivity index (χ1n) is 4.14. The van der Waals surface area contributed by atoms with Gasteiger partial charge < -0.3 is 14.7 Å². The molecule has 1 fully saturated rings. The van der Waals surface area contributed by atoms with Crippen LogP contribution >= 0.6 is 0 Å². The van der Waals surface area contributed by atoms with Gasteiger partial charge >= 0.3 is 5.97 Å². The molecule has 1 rings (SSSR count). The second kappa shape index (κ2) is 4.23. The topological polar surface area (TPSA) is 66.8 Å². The predicted octanol–water partition coefficient (Wildman–Crippen LogP) is -0.434. The summed E-state index contributed by atoms with van der Waals surface area (Å²) in [7, 11) is 0. The van der Waals surface area contributed by atoms with E-state index in [4.69, 9.17) is 9.84 Å². The highest BCUT2D eigenvalue weighted by Gasteiger charge is 2.28. The molecule has 0 aliphatic carbocycles. The maximum absolute atomic E-state index is 10.7. The summed E-state index contributed by atoms with van der Waals surface area (Å²) in [6, 6.07) is 0. The van der Waals surface area contributed by atoms with Gasteiger partial charge in [-0.15, -0.1) is 0 Å². The lowest BCUT2D eigenvalue weighted by Crippen LogP contribution is -2.50. The number of carbonyl (C=O) groups is 2. The Hall–Kier alpha value is -1.10. The molecule has 1 aliphatic heterocycles. The Balaban J connectivity index is 2.02. The number of rotatable bonds is 4. The van der Waals surface area contributed by atoms with E-state index in [1.54, 1.807) is 4.90 Å². The first-order chi connectivity index (χ1) is 6.09. The summed E-state index contributed by atoms with van der Waals surface area (Å²) in [5.41, 5.74) is 0. The zero-order valence-electron chi connectivity index (χ0n) is 7.52. The van der Waals surface area contributed by atoms with Crippen molar-refractivity contribution >= 4 is 11.9 Å². The van der Waals surface area contributed by atoms with E-state index in [1.807, 2.05) is 0 Å². The monoisotopic (exact) mass is 187 g/mol. The van der Waals surface area contributed by atoms with Gasteiger partial charge in [-0.05, 0) is 0 Å². The minimum atomic E-state index is -0.956. The predicted molar refractivity (Wildman–Crippen MR) is 44.2 cm³/mol. The lowest BCUT2D eigenvalue weighted by Gasteiger charge is -2.38. The Labute approximate surface area is 76.3 Å². The van der Waals surface area contributed by atoms with Crippen LogP contribution in [0, 0.1) is 5.92 Å². The molecule has 74 valence electrons. The quantitative estimate of drug-likeness (QED) is 0.648. The number of aliphatic carboxylic acids is 1. The Morgan fingerprint density at radius 1 is 1.54 bits per heavy atom. The van der Waals surface area contributed by atoms with Crippen LogP contribution in [0.2, 0.25) is 0 Å². The third kappa shape index (κ3) is 3.02. The second-order valence-electron chi connectivity index (χ2n) is 3.20. The highest BCUT2D eigenvalue weighted by Crippen LogP contribution is 2.15. The zero-order valence-corrected chi connectivity index (χ0v) is 7.52. The number of ether oxygens (including phenoxy) is 1. The molecule has 0 aromatic rings. The molecule has 0 aromatic heterocycles. The normalized spacial score (nSPS) is 16.8. The van der Waals surface area contributed by atoms with Crippen molar-refractivity contribution in [1.82, 2.24) is 4.90 Å². The van der Waals surface area contributed by atoms with E-state index in [0.717, 1.165) is 0 Å². The number of carbonyl (C=O) groups excluding carboxylic acids is 1. The van der Waals surface area contributed by atoms with Gasteiger partial charge in [0.1, 0.15) is 6.61 Å². The first-order valence-corrected chi connectivity index (χ1v) is 4.14. The average molecular weight is 187 g/mol. The highest BCUT2D eigenvalue weighted by molar-refractivity contribution is 5.74. The molecule has 13 heavy (non-hydrogen) atoms. The summed E-state index contributed by atoms with van der Waals surface area (Å²) in [6.07, 6.45) is 0. The average Bonchev–Trinajstić information content (AvgIpc) is 1.92. The lowest BCUT2D eigenvalue weighted by molar-refractivity contribution is -0.145. The summed E-state index contributed by atoms with van der Waals surface area (Å²) in [6.45, 7) is 3.07. The third-order valence-corrected chi connectivity index (χ3v) is 1.98. The molecule has 0 radical (unpaired) electrons. The van der Waals surface area contributed by atoms with Crippen molar-refractivity contribution in [2.75, 3.05) is 26.3 Å². The summed E-state index contributed by atoms with van der Waals surface area (Å²) < 4.78 is 4.89. The molecule has 0 spiro atoms. The molecular formula is C8H13NO4. The first kappa shape index (κ1) is 9.98. The van der Waals surface area contributed by atoms with Crippen molar-refractivity contribution < 1.29 is 19.4 Å². The number of carboxylic acid groups (broad SMARTS) is 1. The van der Waals surface area contributed by atoms with Crippen LogP contribution in [0.5, 0.6) is 0 Å². The number of hydrogen-bond acceptors (Lipinski definition) is 3. The summed E-state index contributed by atoms with van der Waals surface area (Å²) in [5.74, 6) is -0.583. The van der Waals surface area contributed by atoms with E-state index in [1.165, 1.54) is 6.92 Å². The van der Waals surface area contributed by atoms with E-state index in [9.17, 15) is 9.59 Å². The molecular weight excluding hydrogens is 174 g/mol. The SMILES string of the molecule is CC(=O)N1CC(COCC(=O)O)C1. The van der Waals surface area contributed by atoms with Crippen LogP contribution in [0.25, 0.3) is 0 Å². The van der Waals surface area contributed by atoms with Crippen LogP contribution in [-0.2, 0) is 14.3 Å². The molecule has 1 aliphatic rings. The Morgan fingerprint density at radius 2 is 2.15 bits per heavy atom. The summed E-state index contributed by atoms with van der Waals surface area (Å²) >= 11 is 0. The molecule has 1 amide bonds. The minimum absolute atomic E-state index is 0.0643. The van der Waals surface area contributed by atoms with Crippen LogP contribution in [0.15, 0.2) is 0 Å². The summed E-state index contributed by atoms with van der Waals surface area (Å²) in [4.78, 5) is 22.5. The van der Waals surface area contributed by atoms with E-state index in [-0.39, 0.29) is 12.5 Å². The van der Waals surface area contributed by atoms with Crippen molar-refractivity contribution in [3.63, 3.8) is 0 Å². The molecule has 1 heterocycles. The summed E-state index contributed by atoms with van der Waals surface area (Å²) in [5, 5.41) is 8.27. The molecule has 5 nitrogen and oxygen atoms in total. The molecule has 1 saturated heterocycles. The number of carboxylic acids is 1. The van der Waals surface area contributed by atoms with Crippen LogP contribution in [0.1, 0.15) is 6.92 Å². The van der Waals surface area contributed by atoms with Crippen LogP contribution in [0.3, 0.4) is 0 Å². The van der Waals surface area contributed by atoms with Crippen molar-refractivity contribution in [2.24, 2.45) is 5.92 Å². The fourth-order valence-corrected chi connectivity index (χ4v) is 1.25. The molecule has 0 atom stereocenters. The van der Waals surface area contributed by atoms with Gasteiger partial charge in [0.2, 0.25) is 5.91 Å². The van der Waals surface area contributed by atoms with Gasteiger partial charge in [0.05, 0.1) is 6.61 Å². The molecule has 0 saturated carbocycles. The van der Waals surface area contributed by atoms with Gasteiger partial charge in [0, 0.05) is 25.9 Å². The van der Waals surface area contributed by atoms with Crippen molar-refractivity contribution in [1.29, 1.82) is 0 Å². The van der Waals surface area contributed by atoms with Gasteiger partial charge in [-0.1, -0.05) is 0 Å². The lowest BCUT2D eigenvalue weighted by atomic mass is 10.0.